The number of hydrogen-bond donors (Lipinski definition) is 2. The van der Waals surface area contributed by atoms with Gasteiger partial charge in [-0.05, 0) is 97.1 Å². The molecule has 8 heteroatoms. The van der Waals surface area contributed by atoms with Crippen molar-refractivity contribution in [1.29, 1.82) is 0 Å². The Bertz CT molecular complexity index is 1970. The lowest BCUT2D eigenvalue weighted by atomic mass is 9.93. The Morgan fingerprint density at radius 2 is 1.51 bits per heavy atom. The number of aryl methyl sites for hydroxylation is 2. The maximum Gasteiger partial charge on any atom is 0.323 e. The number of carbonyl (C=O) groups excluding carboxylic acids is 1. The summed E-state index contributed by atoms with van der Waals surface area (Å²) in [5, 5.41) is 6.98. The largest absolute Gasteiger partial charge is 0.492 e. The van der Waals surface area contributed by atoms with Crippen molar-refractivity contribution >= 4 is 28.4 Å². The number of aromatic nitrogens is 2. The van der Waals surface area contributed by atoms with Crippen LogP contribution in [0.3, 0.4) is 0 Å². The molecule has 0 radical (unpaired) electrons. The van der Waals surface area contributed by atoms with E-state index in [1.165, 1.54) is 24.8 Å². The van der Waals surface area contributed by atoms with E-state index in [0.29, 0.717) is 24.4 Å². The summed E-state index contributed by atoms with van der Waals surface area (Å²) in [5.74, 6) is 1.11. The normalized spacial score (nSPS) is 13.5. The van der Waals surface area contributed by atoms with Crippen molar-refractivity contribution in [2.45, 2.75) is 78.2 Å². The first kappa shape index (κ1) is 35.9. The summed E-state index contributed by atoms with van der Waals surface area (Å²) in [5.41, 5.74) is 6.00. The second-order valence-corrected chi connectivity index (χ2v) is 14.1. The van der Waals surface area contributed by atoms with E-state index >= 15 is 0 Å². The van der Waals surface area contributed by atoms with Crippen molar-refractivity contribution in [2.75, 3.05) is 36.9 Å². The summed E-state index contributed by atoms with van der Waals surface area (Å²) >= 11 is 0. The molecule has 0 spiro atoms. The summed E-state index contributed by atoms with van der Waals surface area (Å²) < 4.78 is 7.97. The highest BCUT2D eigenvalue weighted by Gasteiger charge is 2.23. The molecule has 1 aliphatic heterocycles. The van der Waals surface area contributed by atoms with Gasteiger partial charge in [-0.1, -0.05) is 94.8 Å². The summed E-state index contributed by atoms with van der Waals surface area (Å²) in [6, 6.07) is 27.6. The van der Waals surface area contributed by atoms with Crippen LogP contribution in [0.15, 0.2) is 95.9 Å². The number of anilines is 2. The van der Waals surface area contributed by atoms with Crippen molar-refractivity contribution in [2.24, 2.45) is 0 Å². The number of nitrogens with one attached hydrogen (secondary N) is 2. The highest BCUT2D eigenvalue weighted by atomic mass is 16.5. The van der Waals surface area contributed by atoms with Gasteiger partial charge in [0.2, 0.25) is 0 Å². The summed E-state index contributed by atoms with van der Waals surface area (Å²) in [6.07, 6.45) is 7.04. The van der Waals surface area contributed by atoms with Crippen LogP contribution in [0.2, 0.25) is 0 Å². The van der Waals surface area contributed by atoms with Gasteiger partial charge in [0, 0.05) is 35.9 Å². The second-order valence-electron chi connectivity index (χ2n) is 14.1. The third kappa shape index (κ3) is 8.68. The highest BCUT2D eigenvalue weighted by Crippen LogP contribution is 2.36. The van der Waals surface area contributed by atoms with E-state index < -0.39 is 6.03 Å². The molecule has 0 aliphatic carbocycles. The molecule has 51 heavy (non-hydrogen) atoms. The molecule has 5 aromatic rings. The molecular formula is C43H51N5O3. The van der Waals surface area contributed by atoms with Gasteiger partial charge in [-0.15, -0.1) is 0 Å². The summed E-state index contributed by atoms with van der Waals surface area (Å²) in [7, 11) is 0. The van der Waals surface area contributed by atoms with Crippen molar-refractivity contribution in [1.82, 2.24) is 14.5 Å². The fourth-order valence-electron chi connectivity index (χ4n) is 7.16. The van der Waals surface area contributed by atoms with E-state index in [2.05, 4.69) is 67.5 Å². The molecule has 1 fully saturated rings. The fraction of sp³-hybridized carbons (Fsp3) is 0.372. The van der Waals surface area contributed by atoms with E-state index in [4.69, 9.17) is 9.72 Å². The number of piperidine rings is 1. The number of fused-ring (bicyclic) bond motifs is 1. The number of ether oxygens (including phenoxy) is 1. The minimum atomic E-state index is -0.462. The van der Waals surface area contributed by atoms with Crippen LogP contribution in [0.4, 0.5) is 16.2 Å². The van der Waals surface area contributed by atoms with Gasteiger partial charge in [-0.25, -0.2) is 9.78 Å². The van der Waals surface area contributed by atoms with Crippen LogP contribution in [0.25, 0.3) is 22.2 Å². The molecule has 0 unspecified atom stereocenters. The number of rotatable bonds is 13. The Kier molecular flexibility index (Phi) is 11.8. The van der Waals surface area contributed by atoms with Crippen molar-refractivity contribution in [3.8, 4) is 16.9 Å². The number of para-hydroxylation sites is 1. The SMILES string of the molecule is CC(C)c1cccc(C(C)C)c1NC(=O)Nc1c(-c2cccc(OCCN3CCCCC3)c2)c2cccnc2n(CCCc2ccccc2)c1=O. The monoisotopic (exact) mass is 685 g/mol. The van der Waals surface area contributed by atoms with Crippen molar-refractivity contribution in [3.63, 3.8) is 0 Å². The highest BCUT2D eigenvalue weighted by molar-refractivity contribution is 6.07. The number of hydrogen-bond acceptors (Lipinski definition) is 5. The molecule has 6 rings (SSSR count). The van der Waals surface area contributed by atoms with Gasteiger partial charge in [-0.3, -0.25) is 14.3 Å². The lowest BCUT2D eigenvalue weighted by Crippen LogP contribution is -2.33. The van der Waals surface area contributed by atoms with E-state index in [0.717, 1.165) is 66.0 Å². The van der Waals surface area contributed by atoms with E-state index in [9.17, 15) is 9.59 Å². The van der Waals surface area contributed by atoms with Crippen LogP contribution in [-0.4, -0.2) is 46.7 Å². The fourth-order valence-corrected chi connectivity index (χ4v) is 7.16. The minimum Gasteiger partial charge on any atom is -0.492 e. The Morgan fingerprint density at radius 1 is 0.804 bits per heavy atom. The van der Waals surface area contributed by atoms with Gasteiger partial charge in [-0.2, -0.15) is 0 Å². The number of benzene rings is 3. The molecule has 1 saturated heterocycles. The number of urea groups is 1. The molecule has 2 amide bonds. The number of nitrogens with zero attached hydrogens (tertiary/aromatic N) is 3. The summed E-state index contributed by atoms with van der Waals surface area (Å²) in [4.78, 5) is 35.9. The first-order valence-corrected chi connectivity index (χ1v) is 18.5. The third-order valence-electron chi connectivity index (χ3n) is 9.81. The Hall–Kier alpha value is -4.95. The number of likely N-dealkylation sites (tertiary alicyclic amines) is 1. The number of carbonyl (C=O) groups is 1. The molecule has 2 aromatic heterocycles. The predicted molar refractivity (Wildman–Crippen MR) is 209 cm³/mol. The molecule has 2 N–H and O–H groups in total. The smallest absolute Gasteiger partial charge is 0.323 e. The standard InChI is InChI=1S/C43H51N5O3/c1-30(2)35-20-12-21-36(31(3)4)39(35)45-43(50)46-40-38(33-18-11-19-34(29-33)51-28-27-47-24-9-6-10-25-47)37-22-13-23-44-41(37)48(42(40)49)26-14-17-32-15-7-5-8-16-32/h5,7-8,11-13,15-16,18-23,29-31H,6,9-10,14,17,24-28H2,1-4H3,(H2,45,46,50). The summed E-state index contributed by atoms with van der Waals surface area (Å²) in [6.45, 7) is 12.6. The maximum atomic E-state index is 14.6. The molecule has 0 atom stereocenters. The number of pyridine rings is 2. The Labute approximate surface area is 301 Å². The van der Waals surface area contributed by atoms with Gasteiger partial charge in [0.05, 0.1) is 0 Å². The average Bonchev–Trinajstić information content (AvgIpc) is 3.14. The molecule has 8 nitrogen and oxygen atoms in total. The second kappa shape index (κ2) is 16.8. The Balaban J connectivity index is 1.38. The maximum absolute atomic E-state index is 14.6. The Morgan fingerprint density at radius 3 is 2.24 bits per heavy atom. The van der Waals surface area contributed by atoms with Crippen molar-refractivity contribution in [3.05, 3.63) is 118 Å². The predicted octanol–water partition coefficient (Wildman–Crippen LogP) is 9.45. The van der Waals surface area contributed by atoms with Gasteiger partial charge in [0.25, 0.3) is 5.56 Å². The molecule has 3 aromatic carbocycles. The molecule has 0 saturated carbocycles. The minimum absolute atomic E-state index is 0.195. The van der Waals surface area contributed by atoms with E-state index in [1.54, 1.807) is 10.8 Å². The third-order valence-corrected chi connectivity index (χ3v) is 9.81. The van der Waals surface area contributed by atoms with Crippen LogP contribution < -0.4 is 20.9 Å². The van der Waals surface area contributed by atoms with E-state index in [1.807, 2.05) is 60.7 Å². The molecule has 266 valence electrons. The quantitative estimate of drug-likeness (QED) is 0.129. The molecular weight excluding hydrogens is 635 g/mol. The zero-order chi connectivity index (χ0) is 35.7. The lowest BCUT2D eigenvalue weighted by molar-refractivity contribution is 0.183. The van der Waals surface area contributed by atoms with Crippen LogP contribution in [-0.2, 0) is 13.0 Å². The zero-order valence-electron chi connectivity index (χ0n) is 30.5. The van der Waals surface area contributed by atoms with Gasteiger partial charge < -0.3 is 15.4 Å². The van der Waals surface area contributed by atoms with Crippen LogP contribution in [0.5, 0.6) is 5.75 Å². The van der Waals surface area contributed by atoms with Crippen LogP contribution in [0, 0.1) is 0 Å². The van der Waals surface area contributed by atoms with Crippen LogP contribution >= 0.6 is 0 Å². The first-order valence-electron chi connectivity index (χ1n) is 18.5. The van der Waals surface area contributed by atoms with E-state index in [-0.39, 0.29) is 23.1 Å². The molecule has 1 aliphatic rings. The molecule has 3 heterocycles. The lowest BCUT2D eigenvalue weighted by Gasteiger charge is -2.26. The first-order chi connectivity index (χ1) is 24.8. The van der Waals surface area contributed by atoms with Gasteiger partial charge in [0.1, 0.15) is 23.7 Å². The topological polar surface area (TPSA) is 88.5 Å². The van der Waals surface area contributed by atoms with Gasteiger partial charge in [0.15, 0.2) is 0 Å². The molecule has 0 bridgehead atoms. The van der Waals surface area contributed by atoms with Gasteiger partial charge >= 0.3 is 6.03 Å². The average molecular weight is 686 g/mol. The van der Waals surface area contributed by atoms with Crippen molar-refractivity contribution < 1.29 is 9.53 Å². The number of amides is 2. The zero-order valence-corrected chi connectivity index (χ0v) is 30.5. The van der Waals surface area contributed by atoms with Crippen LogP contribution in [0.1, 0.15) is 81.9 Å².